The molecule has 21 heavy (non-hydrogen) atoms. The minimum atomic E-state index is -0.882. The quantitative estimate of drug-likeness (QED) is 0.938. The van der Waals surface area contributed by atoms with Crippen LogP contribution in [0.25, 0.3) is 0 Å². The van der Waals surface area contributed by atoms with Crippen LogP contribution in [-0.4, -0.2) is 17.8 Å². The molecular formula is C17H16F2O2. The molecule has 2 unspecified atom stereocenters. The van der Waals surface area contributed by atoms with Crippen LogP contribution in [-0.2, 0) is 6.42 Å². The predicted octanol–water partition coefficient (Wildman–Crippen LogP) is 3.43. The number of para-hydroxylation sites is 1. The fraction of sp³-hybridized carbons (Fsp3) is 0.294. The molecule has 4 heteroatoms. The van der Waals surface area contributed by atoms with Gasteiger partial charge in [0.2, 0.25) is 0 Å². The van der Waals surface area contributed by atoms with Gasteiger partial charge in [0, 0.05) is 5.92 Å². The van der Waals surface area contributed by atoms with Crippen LogP contribution in [0.3, 0.4) is 0 Å². The van der Waals surface area contributed by atoms with Crippen LogP contribution < -0.4 is 4.74 Å². The molecule has 0 spiro atoms. The molecule has 2 nitrogen and oxygen atoms in total. The normalized spacial score (nSPS) is 18.7. The van der Waals surface area contributed by atoms with Crippen LogP contribution in [0.5, 0.6) is 5.75 Å². The average Bonchev–Trinajstić information content (AvgIpc) is 2.50. The van der Waals surface area contributed by atoms with Crippen LogP contribution in [0.2, 0.25) is 0 Å². The number of benzene rings is 2. The first-order valence-corrected chi connectivity index (χ1v) is 6.99. The van der Waals surface area contributed by atoms with Crippen molar-refractivity contribution in [2.75, 3.05) is 6.61 Å². The van der Waals surface area contributed by atoms with Gasteiger partial charge in [-0.2, -0.15) is 0 Å². The molecule has 1 aliphatic heterocycles. The molecule has 110 valence electrons. The van der Waals surface area contributed by atoms with Gasteiger partial charge in [-0.05, 0) is 42.2 Å². The number of aliphatic hydroxyl groups excluding tert-OH is 1. The average molecular weight is 290 g/mol. The molecule has 0 amide bonds. The number of hydrogen-bond donors (Lipinski definition) is 1. The molecule has 0 saturated carbocycles. The number of rotatable bonds is 3. The van der Waals surface area contributed by atoms with Gasteiger partial charge < -0.3 is 9.84 Å². The molecule has 3 rings (SSSR count). The molecule has 0 radical (unpaired) electrons. The summed E-state index contributed by atoms with van der Waals surface area (Å²) in [7, 11) is 0. The topological polar surface area (TPSA) is 29.5 Å². The SMILES string of the molecule is OC(Cc1ccc(F)c(F)c1)C1CCOc2ccccc21. The first kappa shape index (κ1) is 14.0. The third kappa shape index (κ3) is 2.90. The fourth-order valence-corrected chi connectivity index (χ4v) is 2.82. The maximum absolute atomic E-state index is 13.2. The van der Waals surface area contributed by atoms with E-state index in [1.54, 1.807) is 0 Å². The lowest BCUT2D eigenvalue weighted by molar-refractivity contribution is 0.116. The molecular weight excluding hydrogens is 274 g/mol. The molecule has 0 bridgehead atoms. The Morgan fingerprint density at radius 1 is 1.14 bits per heavy atom. The summed E-state index contributed by atoms with van der Waals surface area (Å²) >= 11 is 0. The molecule has 2 aromatic carbocycles. The standard InChI is InChI=1S/C17H16F2O2/c18-14-6-5-11(9-15(14)19)10-16(20)12-7-8-21-17-4-2-1-3-13(12)17/h1-6,9,12,16,20H,7-8,10H2. The van der Waals surface area contributed by atoms with E-state index < -0.39 is 17.7 Å². The highest BCUT2D eigenvalue weighted by Crippen LogP contribution is 2.36. The van der Waals surface area contributed by atoms with Gasteiger partial charge in [-0.15, -0.1) is 0 Å². The summed E-state index contributed by atoms with van der Waals surface area (Å²) in [5.74, 6) is -1.02. The summed E-state index contributed by atoms with van der Waals surface area (Å²) < 4.78 is 31.7. The van der Waals surface area contributed by atoms with Gasteiger partial charge in [-0.25, -0.2) is 8.78 Å². The largest absolute Gasteiger partial charge is 0.493 e. The molecule has 0 aromatic heterocycles. The van der Waals surface area contributed by atoms with Crippen LogP contribution in [0.15, 0.2) is 42.5 Å². The molecule has 2 aromatic rings. The number of halogens is 2. The van der Waals surface area contributed by atoms with E-state index in [4.69, 9.17) is 4.74 Å². The summed E-state index contributed by atoms with van der Waals surface area (Å²) in [6, 6.07) is 11.4. The van der Waals surface area contributed by atoms with Gasteiger partial charge in [-0.1, -0.05) is 24.3 Å². The zero-order valence-corrected chi connectivity index (χ0v) is 11.4. The van der Waals surface area contributed by atoms with E-state index in [1.807, 2.05) is 24.3 Å². The summed E-state index contributed by atoms with van der Waals surface area (Å²) in [5.41, 5.74) is 1.56. The lowest BCUT2D eigenvalue weighted by Gasteiger charge is -2.29. The minimum absolute atomic E-state index is 0.0527. The second kappa shape index (κ2) is 5.82. The van der Waals surface area contributed by atoms with Gasteiger partial charge in [0.15, 0.2) is 11.6 Å². The van der Waals surface area contributed by atoms with Crippen molar-refractivity contribution in [2.24, 2.45) is 0 Å². The van der Waals surface area contributed by atoms with Crippen molar-refractivity contribution in [3.63, 3.8) is 0 Å². The first-order valence-electron chi connectivity index (χ1n) is 6.99. The predicted molar refractivity (Wildman–Crippen MR) is 75.4 cm³/mol. The zero-order valence-electron chi connectivity index (χ0n) is 11.4. The molecule has 0 saturated heterocycles. The monoisotopic (exact) mass is 290 g/mol. The van der Waals surface area contributed by atoms with Crippen molar-refractivity contribution in [2.45, 2.75) is 24.9 Å². The Morgan fingerprint density at radius 2 is 1.95 bits per heavy atom. The second-order valence-electron chi connectivity index (χ2n) is 5.30. The smallest absolute Gasteiger partial charge is 0.159 e. The van der Waals surface area contributed by atoms with Crippen molar-refractivity contribution < 1.29 is 18.6 Å². The Balaban J connectivity index is 1.80. The van der Waals surface area contributed by atoms with E-state index in [0.29, 0.717) is 18.6 Å². The van der Waals surface area contributed by atoms with E-state index in [2.05, 4.69) is 0 Å². The van der Waals surface area contributed by atoms with Gasteiger partial charge in [0.25, 0.3) is 0 Å². The Labute approximate surface area is 122 Å². The van der Waals surface area contributed by atoms with Crippen molar-refractivity contribution in [3.8, 4) is 5.75 Å². The number of fused-ring (bicyclic) bond motifs is 1. The van der Waals surface area contributed by atoms with E-state index in [0.717, 1.165) is 23.4 Å². The molecule has 1 N–H and O–H groups in total. The van der Waals surface area contributed by atoms with Crippen molar-refractivity contribution in [3.05, 3.63) is 65.2 Å². The summed E-state index contributed by atoms with van der Waals surface area (Å²) in [4.78, 5) is 0. The fourth-order valence-electron chi connectivity index (χ4n) is 2.82. The van der Waals surface area contributed by atoms with Crippen LogP contribution in [0.1, 0.15) is 23.5 Å². The molecule has 2 atom stereocenters. The maximum Gasteiger partial charge on any atom is 0.159 e. The zero-order chi connectivity index (χ0) is 14.8. The highest BCUT2D eigenvalue weighted by Gasteiger charge is 2.27. The maximum atomic E-state index is 13.2. The number of hydrogen-bond acceptors (Lipinski definition) is 2. The van der Waals surface area contributed by atoms with Crippen molar-refractivity contribution in [1.82, 2.24) is 0 Å². The molecule has 1 heterocycles. The first-order chi connectivity index (χ1) is 10.1. The second-order valence-corrected chi connectivity index (χ2v) is 5.30. The van der Waals surface area contributed by atoms with Crippen LogP contribution in [0.4, 0.5) is 8.78 Å². The van der Waals surface area contributed by atoms with Crippen LogP contribution in [0, 0.1) is 11.6 Å². The Morgan fingerprint density at radius 3 is 2.76 bits per heavy atom. The van der Waals surface area contributed by atoms with Crippen molar-refractivity contribution >= 4 is 0 Å². The number of ether oxygens (including phenoxy) is 1. The van der Waals surface area contributed by atoms with Crippen LogP contribution >= 0.6 is 0 Å². The van der Waals surface area contributed by atoms with Crippen molar-refractivity contribution in [1.29, 1.82) is 0 Å². The molecule has 0 aliphatic carbocycles. The lowest BCUT2D eigenvalue weighted by atomic mass is 9.85. The van der Waals surface area contributed by atoms with E-state index in [1.165, 1.54) is 6.07 Å². The highest BCUT2D eigenvalue weighted by molar-refractivity contribution is 5.38. The van der Waals surface area contributed by atoms with Gasteiger partial charge >= 0.3 is 0 Å². The Bertz CT molecular complexity index is 642. The van der Waals surface area contributed by atoms with Gasteiger partial charge in [0.05, 0.1) is 12.7 Å². The Kier molecular flexibility index (Phi) is 3.88. The number of aliphatic hydroxyl groups is 1. The van der Waals surface area contributed by atoms with E-state index in [9.17, 15) is 13.9 Å². The lowest BCUT2D eigenvalue weighted by Crippen LogP contribution is -2.26. The van der Waals surface area contributed by atoms with Gasteiger partial charge in [0.1, 0.15) is 5.75 Å². The highest BCUT2D eigenvalue weighted by atomic mass is 19.2. The van der Waals surface area contributed by atoms with E-state index >= 15 is 0 Å². The van der Waals surface area contributed by atoms with Gasteiger partial charge in [-0.3, -0.25) is 0 Å². The molecule has 0 fully saturated rings. The van der Waals surface area contributed by atoms with E-state index in [-0.39, 0.29) is 12.3 Å². The minimum Gasteiger partial charge on any atom is -0.493 e. The third-order valence-electron chi connectivity index (χ3n) is 3.90. The summed E-state index contributed by atoms with van der Waals surface area (Å²) in [5, 5.41) is 10.5. The molecule has 1 aliphatic rings. The third-order valence-corrected chi connectivity index (χ3v) is 3.90. The summed E-state index contributed by atoms with van der Waals surface area (Å²) in [6.07, 6.45) is 0.345. The Hall–Kier alpha value is -1.94. The summed E-state index contributed by atoms with van der Waals surface area (Å²) in [6.45, 7) is 0.552.